The fraction of sp³-hybridized carbons (Fsp3) is 0.400. The molecule has 1 aliphatic rings. The number of primary amides is 2. The van der Waals surface area contributed by atoms with Gasteiger partial charge in [-0.25, -0.2) is 0 Å². The van der Waals surface area contributed by atoms with E-state index in [2.05, 4.69) is 0 Å². The minimum atomic E-state index is -1.79. The molecule has 1 fully saturated rings. The van der Waals surface area contributed by atoms with Gasteiger partial charge in [0, 0.05) is 24.5 Å². The van der Waals surface area contributed by atoms with Crippen molar-refractivity contribution in [3.05, 3.63) is 39.9 Å². The number of nitro groups is 1. The quantitative estimate of drug-likeness (QED) is 0.384. The second kappa shape index (κ2) is 6.00. The minimum absolute atomic E-state index is 0.171. The van der Waals surface area contributed by atoms with E-state index in [4.69, 9.17) is 11.5 Å². The average molecular weight is 335 g/mol. The van der Waals surface area contributed by atoms with Gasteiger partial charge in [-0.3, -0.25) is 24.5 Å². The summed E-state index contributed by atoms with van der Waals surface area (Å²) in [5.41, 5.74) is 8.79. The third-order valence-electron chi connectivity index (χ3n) is 4.35. The summed E-state index contributed by atoms with van der Waals surface area (Å²) in [5.74, 6) is -6.40. The van der Waals surface area contributed by atoms with Gasteiger partial charge >= 0.3 is 0 Å². The fourth-order valence-corrected chi connectivity index (χ4v) is 3.40. The van der Waals surface area contributed by atoms with Gasteiger partial charge in [-0.1, -0.05) is 12.1 Å². The molecule has 2 amide bonds. The number of Topliss-reactive ketones (excluding diaryl/α,β-unsaturated/α-hetero) is 1. The van der Waals surface area contributed by atoms with Gasteiger partial charge in [0.25, 0.3) is 5.69 Å². The van der Waals surface area contributed by atoms with Crippen molar-refractivity contribution in [3.63, 3.8) is 0 Å². The molecule has 0 aromatic heterocycles. The Balaban J connectivity index is 2.67. The van der Waals surface area contributed by atoms with E-state index in [1.165, 1.54) is 25.1 Å². The van der Waals surface area contributed by atoms with Crippen molar-refractivity contribution in [2.75, 3.05) is 0 Å². The molecule has 1 aromatic carbocycles. The van der Waals surface area contributed by atoms with Crippen molar-refractivity contribution in [2.45, 2.75) is 24.9 Å². The zero-order valence-corrected chi connectivity index (χ0v) is 12.8. The standard InChI is InChI=1S/C15H17N3O6/c1-15(22)6-9(19)11(13(16)20)10(12(15)14(17)21)7-3-2-4-8(5-7)18(23)24/h2-5,10-12,22H,6H2,1H3,(H2,16,20)(H2,17,21). The second-order valence-electron chi connectivity index (χ2n) is 6.14. The predicted molar refractivity (Wildman–Crippen MR) is 81.5 cm³/mol. The Morgan fingerprint density at radius 1 is 1.33 bits per heavy atom. The topological polar surface area (TPSA) is 167 Å². The molecule has 5 N–H and O–H groups in total. The number of non-ortho nitro benzene ring substituents is 1. The smallest absolute Gasteiger partial charge is 0.269 e. The SMILES string of the molecule is CC1(O)CC(=O)C(C(N)=O)C(c2cccc([N+](=O)[O-])c2)C1C(N)=O. The lowest BCUT2D eigenvalue weighted by atomic mass is 9.61. The highest BCUT2D eigenvalue weighted by molar-refractivity contribution is 6.04. The van der Waals surface area contributed by atoms with E-state index in [1.54, 1.807) is 0 Å². The van der Waals surface area contributed by atoms with Crippen LogP contribution in [-0.2, 0) is 14.4 Å². The lowest BCUT2D eigenvalue weighted by Gasteiger charge is -2.43. The number of nitrogens with zero attached hydrogens (tertiary/aromatic N) is 1. The zero-order chi connectivity index (χ0) is 18.2. The number of ketones is 1. The Labute approximate surface area is 136 Å². The number of benzene rings is 1. The monoisotopic (exact) mass is 335 g/mol. The predicted octanol–water partition coefficient (Wildman–Crippen LogP) is -0.395. The Morgan fingerprint density at radius 3 is 2.46 bits per heavy atom. The highest BCUT2D eigenvalue weighted by atomic mass is 16.6. The second-order valence-corrected chi connectivity index (χ2v) is 6.14. The molecule has 0 spiro atoms. The molecular weight excluding hydrogens is 318 g/mol. The Morgan fingerprint density at radius 2 is 1.96 bits per heavy atom. The van der Waals surface area contributed by atoms with Crippen LogP contribution in [0.2, 0.25) is 0 Å². The molecule has 0 radical (unpaired) electrons. The number of nitrogens with two attached hydrogens (primary N) is 2. The van der Waals surface area contributed by atoms with Crippen molar-refractivity contribution in [1.82, 2.24) is 0 Å². The summed E-state index contributed by atoms with van der Waals surface area (Å²) in [5, 5.41) is 21.4. The van der Waals surface area contributed by atoms with E-state index >= 15 is 0 Å². The van der Waals surface area contributed by atoms with Crippen LogP contribution in [0.25, 0.3) is 0 Å². The molecule has 9 heteroatoms. The van der Waals surface area contributed by atoms with Crippen molar-refractivity contribution in [1.29, 1.82) is 0 Å². The Hall–Kier alpha value is -2.81. The zero-order valence-electron chi connectivity index (χ0n) is 12.8. The van der Waals surface area contributed by atoms with Crippen molar-refractivity contribution in [2.24, 2.45) is 23.3 Å². The van der Waals surface area contributed by atoms with Crippen LogP contribution in [0.1, 0.15) is 24.8 Å². The number of rotatable bonds is 4. The highest BCUT2D eigenvalue weighted by Gasteiger charge is 2.55. The lowest BCUT2D eigenvalue weighted by Crippen LogP contribution is -2.57. The van der Waals surface area contributed by atoms with Gasteiger partial charge in [0.2, 0.25) is 11.8 Å². The molecule has 4 unspecified atom stereocenters. The van der Waals surface area contributed by atoms with Crippen LogP contribution < -0.4 is 11.5 Å². The molecule has 0 saturated heterocycles. The summed E-state index contributed by atoms with van der Waals surface area (Å²) in [6.45, 7) is 1.27. The maximum Gasteiger partial charge on any atom is 0.269 e. The Bertz CT molecular complexity index is 730. The van der Waals surface area contributed by atoms with E-state index in [9.17, 15) is 29.6 Å². The van der Waals surface area contributed by atoms with E-state index in [1.807, 2.05) is 0 Å². The van der Waals surface area contributed by atoms with Crippen molar-refractivity contribution >= 4 is 23.3 Å². The molecule has 1 saturated carbocycles. The summed E-state index contributed by atoms with van der Waals surface area (Å²) < 4.78 is 0. The van der Waals surface area contributed by atoms with Gasteiger partial charge in [-0.05, 0) is 12.5 Å². The van der Waals surface area contributed by atoms with Gasteiger partial charge in [0.1, 0.15) is 11.7 Å². The molecule has 9 nitrogen and oxygen atoms in total. The molecule has 2 rings (SSSR count). The lowest BCUT2D eigenvalue weighted by molar-refractivity contribution is -0.385. The number of nitro benzene ring substituents is 1. The first-order chi connectivity index (χ1) is 11.1. The number of hydrogen-bond donors (Lipinski definition) is 3. The molecule has 128 valence electrons. The van der Waals surface area contributed by atoms with E-state index in [0.29, 0.717) is 0 Å². The van der Waals surface area contributed by atoms with Crippen LogP contribution in [0.4, 0.5) is 5.69 Å². The van der Waals surface area contributed by atoms with Crippen LogP contribution in [0.15, 0.2) is 24.3 Å². The van der Waals surface area contributed by atoms with Crippen LogP contribution in [0.3, 0.4) is 0 Å². The molecule has 24 heavy (non-hydrogen) atoms. The maximum atomic E-state index is 12.3. The summed E-state index contributed by atoms with van der Waals surface area (Å²) >= 11 is 0. The molecule has 0 heterocycles. The third-order valence-corrected chi connectivity index (χ3v) is 4.35. The number of carbonyl (C=O) groups is 3. The van der Waals surface area contributed by atoms with Gasteiger partial charge < -0.3 is 16.6 Å². The van der Waals surface area contributed by atoms with Crippen LogP contribution in [-0.4, -0.2) is 33.2 Å². The minimum Gasteiger partial charge on any atom is -0.389 e. The summed E-state index contributed by atoms with van der Waals surface area (Å²) in [6, 6.07) is 5.16. The van der Waals surface area contributed by atoms with Gasteiger partial charge in [0.15, 0.2) is 0 Å². The molecule has 1 aliphatic carbocycles. The highest BCUT2D eigenvalue weighted by Crippen LogP contribution is 2.45. The first-order valence-corrected chi connectivity index (χ1v) is 7.14. The maximum absolute atomic E-state index is 12.3. The number of carbonyl (C=O) groups excluding carboxylic acids is 3. The van der Waals surface area contributed by atoms with Crippen LogP contribution in [0.5, 0.6) is 0 Å². The fourth-order valence-electron chi connectivity index (χ4n) is 3.40. The van der Waals surface area contributed by atoms with Gasteiger partial charge in [-0.15, -0.1) is 0 Å². The van der Waals surface area contributed by atoms with Gasteiger partial charge in [-0.2, -0.15) is 0 Å². The molecule has 0 aliphatic heterocycles. The van der Waals surface area contributed by atoms with Crippen molar-refractivity contribution < 1.29 is 24.4 Å². The average Bonchev–Trinajstić information content (AvgIpc) is 2.44. The van der Waals surface area contributed by atoms with E-state index in [-0.39, 0.29) is 11.3 Å². The van der Waals surface area contributed by atoms with Crippen LogP contribution in [0, 0.1) is 22.0 Å². The van der Waals surface area contributed by atoms with E-state index in [0.717, 1.165) is 6.07 Å². The van der Waals surface area contributed by atoms with Crippen molar-refractivity contribution in [3.8, 4) is 0 Å². The summed E-state index contributed by atoms with van der Waals surface area (Å²) in [6.07, 6.45) is -0.459. The normalized spacial score (nSPS) is 29.9. The summed E-state index contributed by atoms with van der Waals surface area (Å²) in [4.78, 5) is 46.3. The van der Waals surface area contributed by atoms with Crippen LogP contribution >= 0.6 is 0 Å². The molecular formula is C15H17N3O6. The largest absolute Gasteiger partial charge is 0.389 e. The first-order valence-electron chi connectivity index (χ1n) is 7.14. The van der Waals surface area contributed by atoms with E-state index < -0.39 is 52.3 Å². The Kier molecular flexibility index (Phi) is 4.39. The molecule has 1 aromatic rings. The molecule has 0 bridgehead atoms. The molecule has 4 atom stereocenters. The number of amides is 2. The summed E-state index contributed by atoms with van der Waals surface area (Å²) in [7, 11) is 0. The van der Waals surface area contributed by atoms with Gasteiger partial charge in [0.05, 0.1) is 16.4 Å². The number of hydrogen-bond acceptors (Lipinski definition) is 6. The first kappa shape index (κ1) is 17.5. The third kappa shape index (κ3) is 2.98. The number of aliphatic hydroxyl groups is 1.